The van der Waals surface area contributed by atoms with Gasteiger partial charge < -0.3 is 10.1 Å². The van der Waals surface area contributed by atoms with Crippen molar-refractivity contribution >= 4 is 0 Å². The summed E-state index contributed by atoms with van der Waals surface area (Å²) < 4.78 is 5.56. The minimum absolute atomic E-state index is 0.170. The summed E-state index contributed by atoms with van der Waals surface area (Å²) in [6.45, 7) is 2.21. The molecule has 0 saturated heterocycles. The van der Waals surface area contributed by atoms with Gasteiger partial charge in [0.2, 0.25) is 0 Å². The molecule has 66 valence electrons. The first-order valence-corrected chi connectivity index (χ1v) is 4.51. The van der Waals surface area contributed by atoms with Crippen molar-refractivity contribution in [3.05, 3.63) is 0 Å². The lowest BCUT2D eigenvalue weighted by atomic mass is 9.73. The van der Waals surface area contributed by atoms with Crippen LogP contribution in [0.1, 0.15) is 32.6 Å². The van der Waals surface area contributed by atoms with Gasteiger partial charge in [0, 0.05) is 13.2 Å². The summed E-state index contributed by atoms with van der Waals surface area (Å²) in [5.74, 6) is 0. The molecule has 1 fully saturated rings. The lowest BCUT2D eigenvalue weighted by molar-refractivity contribution is -0.0974. The Balaban J connectivity index is 2.51. The Morgan fingerprint density at radius 2 is 2.18 bits per heavy atom. The van der Waals surface area contributed by atoms with Gasteiger partial charge in [-0.15, -0.1) is 0 Å². The molecule has 1 aliphatic carbocycles. The maximum atomic E-state index is 5.56. The van der Waals surface area contributed by atoms with Crippen molar-refractivity contribution in [1.29, 1.82) is 0 Å². The number of likely N-dealkylation sites (N-methyl/N-ethyl adjacent to an activating group) is 1. The molecular formula is C9H19NO. The number of hydrogen-bond acceptors (Lipinski definition) is 2. The highest BCUT2D eigenvalue weighted by Gasteiger charge is 2.42. The summed E-state index contributed by atoms with van der Waals surface area (Å²) in [5, 5.41) is 3.32. The smallest absolute Gasteiger partial charge is 0.0830 e. The molecule has 1 aliphatic rings. The SMILES string of the molecule is CCC(NC)C1(OC)CCC1. The van der Waals surface area contributed by atoms with Gasteiger partial charge in [-0.3, -0.25) is 0 Å². The van der Waals surface area contributed by atoms with Crippen molar-refractivity contribution in [1.82, 2.24) is 5.32 Å². The molecule has 1 atom stereocenters. The summed E-state index contributed by atoms with van der Waals surface area (Å²) in [7, 11) is 3.85. The second-order valence-electron chi connectivity index (χ2n) is 3.37. The van der Waals surface area contributed by atoms with E-state index in [0.29, 0.717) is 6.04 Å². The molecule has 1 N–H and O–H groups in total. The van der Waals surface area contributed by atoms with Crippen molar-refractivity contribution in [3.63, 3.8) is 0 Å². The van der Waals surface area contributed by atoms with Crippen molar-refractivity contribution < 1.29 is 4.74 Å². The number of nitrogens with one attached hydrogen (secondary N) is 1. The Labute approximate surface area is 69.3 Å². The molecule has 0 bridgehead atoms. The van der Waals surface area contributed by atoms with E-state index in [1.807, 2.05) is 14.2 Å². The van der Waals surface area contributed by atoms with E-state index < -0.39 is 0 Å². The Morgan fingerprint density at radius 3 is 2.27 bits per heavy atom. The van der Waals surface area contributed by atoms with E-state index in [0.717, 1.165) is 6.42 Å². The van der Waals surface area contributed by atoms with Gasteiger partial charge in [-0.1, -0.05) is 6.92 Å². The number of hydrogen-bond donors (Lipinski definition) is 1. The van der Waals surface area contributed by atoms with Crippen LogP contribution < -0.4 is 5.32 Å². The third-order valence-corrected chi connectivity index (χ3v) is 3.00. The van der Waals surface area contributed by atoms with Crippen LogP contribution in [0.4, 0.5) is 0 Å². The largest absolute Gasteiger partial charge is 0.377 e. The highest BCUT2D eigenvalue weighted by atomic mass is 16.5. The van der Waals surface area contributed by atoms with E-state index in [1.165, 1.54) is 19.3 Å². The molecule has 0 spiro atoms. The third-order valence-electron chi connectivity index (χ3n) is 3.00. The molecule has 0 amide bonds. The zero-order chi connectivity index (χ0) is 8.32. The molecule has 1 unspecified atom stereocenters. The van der Waals surface area contributed by atoms with Crippen LogP contribution in [-0.2, 0) is 4.74 Å². The monoisotopic (exact) mass is 157 g/mol. The van der Waals surface area contributed by atoms with E-state index in [-0.39, 0.29) is 5.60 Å². The predicted octanol–water partition coefficient (Wildman–Crippen LogP) is 1.55. The lowest BCUT2D eigenvalue weighted by Gasteiger charge is -2.46. The molecule has 0 aliphatic heterocycles. The second kappa shape index (κ2) is 3.55. The van der Waals surface area contributed by atoms with Gasteiger partial charge in [-0.2, -0.15) is 0 Å². The second-order valence-corrected chi connectivity index (χ2v) is 3.37. The van der Waals surface area contributed by atoms with E-state index in [9.17, 15) is 0 Å². The van der Waals surface area contributed by atoms with E-state index in [4.69, 9.17) is 4.74 Å². The van der Waals surface area contributed by atoms with E-state index in [2.05, 4.69) is 12.2 Å². The van der Waals surface area contributed by atoms with Crippen LogP contribution in [-0.4, -0.2) is 25.8 Å². The Kier molecular flexibility index (Phi) is 2.90. The summed E-state index contributed by atoms with van der Waals surface area (Å²) in [6, 6.07) is 0.543. The van der Waals surface area contributed by atoms with Crippen LogP contribution in [0.25, 0.3) is 0 Å². The molecule has 1 rings (SSSR count). The van der Waals surface area contributed by atoms with Crippen LogP contribution >= 0.6 is 0 Å². The van der Waals surface area contributed by atoms with Gasteiger partial charge >= 0.3 is 0 Å². The number of methoxy groups -OCH3 is 1. The molecule has 2 heteroatoms. The van der Waals surface area contributed by atoms with Crippen molar-refractivity contribution in [2.24, 2.45) is 0 Å². The molecule has 0 aromatic carbocycles. The fraction of sp³-hybridized carbons (Fsp3) is 1.00. The number of ether oxygens (including phenoxy) is 1. The highest BCUT2D eigenvalue weighted by Crippen LogP contribution is 2.38. The first-order valence-electron chi connectivity index (χ1n) is 4.51. The summed E-state index contributed by atoms with van der Waals surface area (Å²) >= 11 is 0. The Bertz CT molecular complexity index is 111. The molecule has 11 heavy (non-hydrogen) atoms. The first-order chi connectivity index (χ1) is 5.29. The molecule has 1 saturated carbocycles. The van der Waals surface area contributed by atoms with E-state index >= 15 is 0 Å². The fourth-order valence-electron chi connectivity index (χ4n) is 2.06. The molecule has 0 aromatic rings. The normalized spacial score (nSPS) is 24.3. The third kappa shape index (κ3) is 1.42. The van der Waals surface area contributed by atoms with Gasteiger partial charge in [-0.25, -0.2) is 0 Å². The van der Waals surface area contributed by atoms with Crippen LogP contribution in [0.5, 0.6) is 0 Å². The summed E-state index contributed by atoms with van der Waals surface area (Å²) in [4.78, 5) is 0. The van der Waals surface area contributed by atoms with Crippen LogP contribution in [0.3, 0.4) is 0 Å². The Hall–Kier alpha value is -0.0800. The minimum atomic E-state index is 0.170. The molecule has 2 nitrogen and oxygen atoms in total. The fourth-order valence-corrected chi connectivity index (χ4v) is 2.06. The van der Waals surface area contributed by atoms with Crippen molar-refractivity contribution in [3.8, 4) is 0 Å². The average Bonchev–Trinajstić information content (AvgIpc) is 1.96. The summed E-state index contributed by atoms with van der Waals surface area (Å²) in [5.41, 5.74) is 0.170. The van der Waals surface area contributed by atoms with Gasteiger partial charge in [0.15, 0.2) is 0 Å². The Morgan fingerprint density at radius 1 is 1.55 bits per heavy atom. The number of rotatable bonds is 4. The van der Waals surface area contributed by atoms with Gasteiger partial charge in [0.25, 0.3) is 0 Å². The van der Waals surface area contributed by atoms with Crippen molar-refractivity contribution in [2.75, 3.05) is 14.2 Å². The van der Waals surface area contributed by atoms with Crippen LogP contribution in [0.15, 0.2) is 0 Å². The van der Waals surface area contributed by atoms with Crippen LogP contribution in [0, 0.1) is 0 Å². The van der Waals surface area contributed by atoms with Crippen molar-refractivity contribution in [2.45, 2.75) is 44.2 Å². The maximum Gasteiger partial charge on any atom is 0.0830 e. The standard InChI is InChI=1S/C9H19NO/c1-4-8(10-2)9(11-3)6-5-7-9/h8,10H,4-7H2,1-3H3. The minimum Gasteiger partial charge on any atom is -0.377 e. The van der Waals surface area contributed by atoms with E-state index in [1.54, 1.807) is 0 Å². The summed E-state index contributed by atoms with van der Waals surface area (Å²) in [6.07, 6.45) is 4.93. The molecular weight excluding hydrogens is 138 g/mol. The van der Waals surface area contributed by atoms with Gasteiger partial charge in [0.05, 0.1) is 5.60 Å². The first kappa shape index (κ1) is 9.01. The average molecular weight is 157 g/mol. The van der Waals surface area contributed by atoms with Gasteiger partial charge in [-0.05, 0) is 32.7 Å². The molecule has 0 aromatic heterocycles. The highest BCUT2D eigenvalue weighted by molar-refractivity contribution is 4.98. The topological polar surface area (TPSA) is 21.3 Å². The molecule has 0 heterocycles. The zero-order valence-corrected chi connectivity index (χ0v) is 7.81. The van der Waals surface area contributed by atoms with Gasteiger partial charge in [0.1, 0.15) is 0 Å². The maximum absolute atomic E-state index is 5.56. The van der Waals surface area contributed by atoms with Crippen LogP contribution in [0.2, 0.25) is 0 Å². The quantitative estimate of drug-likeness (QED) is 0.668. The lowest BCUT2D eigenvalue weighted by Crippen LogP contribution is -2.55. The molecule has 0 radical (unpaired) electrons. The zero-order valence-electron chi connectivity index (χ0n) is 7.81. The predicted molar refractivity (Wildman–Crippen MR) is 46.7 cm³/mol.